The van der Waals surface area contributed by atoms with E-state index in [9.17, 15) is 27.6 Å². The van der Waals surface area contributed by atoms with Gasteiger partial charge in [0.2, 0.25) is 5.91 Å². The molecule has 1 N–H and O–H groups in total. The van der Waals surface area contributed by atoms with Gasteiger partial charge in [0.1, 0.15) is 30.6 Å². The van der Waals surface area contributed by atoms with Crippen LogP contribution in [0, 0.1) is 17.5 Å². The van der Waals surface area contributed by atoms with Crippen LogP contribution in [-0.4, -0.2) is 35.6 Å². The van der Waals surface area contributed by atoms with Crippen molar-refractivity contribution in [2.75, 3.05) is 19.0 Å². The minimum atomic E-state index is -0.988. The Bertz CT molecular complexity index is 1410. The molecule has 0 atom stereocenters. The average Bonchev–Trinajstić information content (AvgIpc) is 3.13. The van der Waals surface area contributed by atoms with Crippen molar-refractivity contribution in [1.29, 1.82) is 0 Å². The molecule has 1 aliphatic heterocycles. The maximum absolute atomic E-state index is 13.8. The lowest BCUT2D eigenvalue weighted by molar-refractivity contribution is -0.127. The third kappa shape index (κ3) is 6.12. The lowest BCUT2D eigenvalue weighted by Gasteiger charge is -2.13. The second kappa shape index (κ2) is 11.2. The van der Waals surface area contributed by atoms with Crippen LogP contribution in [0.25, 0.3) is 6.08 Å². The molecule has 0 spiro atoms. The van der Waals surface area contributed by atoms with Gasteiger partial charge in [-0.25, -0.2) is 13.2 Å². The van der Waals surface area contributed by atoms with Crippen molar-refractivity contribution in [1.82, 2.24) is 4.90 Å². The fraction of sp³-hybridized carbons (Fsp3) is 0.115. The summed E-state index contributed by atoms with van der Waals surface area (Å²) in [5.41, 5.74) is 0.602. The van der Waals surface area contributed by atoms with Crippen LogP contribution in [0.3, 0.4) is 0 Å². The predicted octanol–water partition coefficient (Wildman–Crippen LogP) is 5.37. The van der Waals surface area contributed by atoms with E-state index in [0.29, 0.717) is 40.5 Å². The van der Waals surface area contributed by atoms with Gasteiger partial charge in [0.15, 0.2) is 11.5 Å². The normalized spacial score (nSPS) is 14.3. The highest BCUT2D eigenvalue weighted by Crippen LogP contribution is 2.35. The third-order valence-electron chi connectivity index (χ3n) is 5.21. The SMILES string of the molecule is COc1cc(/C=C2/SC(=O)N(CC(=O)Nc3ccc(F)cc3F)C2=O)ccc1OCc1ccccc1F. The fourth-order valence-electron chi connectivity index (χ4n) is 3.38. The number of carbonyl (C=O) groups is 3. The zero-order valence-electron chi connectivity index (χ0n) is 19.3. The molecule has 3 aromatic carbocycles. The van der Waals surface area contributed by atoms with Crippen LogP contribution in [0.1, 0.15) is 11.1 Å². The number of imide groups is 1. The minimum Gasteiger partial charge on any atom is -0.493 e. The van der Waals surface area contributed by atoms with E-state index < -0.39 is 41.0 Å². The maximum atomic E-state index is 13.8. The number of carbonyl (C=O) groups excluding carboxylic acids is 3. The molecule has 1 saturated heterocycles. The Morgan fingerprint density at radius 1 is 1.00 bits per heavy atom. The lowest BCUT2D eigenvalue weighted by Crippen LogP contribution is -2.36. The number of nitrogens with zero attached hydrogens (tertiary/aromatic N) is 1. The molecule has 0 aliphatic carbocycles. The highest BCUT2D eigenvalue weighted by molar-refractivity contribution is 8.18. The summed E-state index contributed by atoms with van der Waals surface area (Å²) in [6, 6.07) is 13.6. The van der Waals surface area contributed by atoms with Gasteiger partial charge >= 0.3 is 0 Å². The van der Waals surface area contributed by atoms with Crippen molar-refractivity contribution in [3.8, 4) is 11.5 Å². The van der Waals surface area contributed by atoms with Crippen LogP contribution >= 0.6 is 11.8 Å². The Morgan fingerprint density at radius 2 is 1.78 bits per heavy atom. The monoisotopic (exact) mass is 528 g/mol. The van der Waals surface area contributed by atoms with E-state index in [1.807, 2.05) is 0 Å². The highest BCUT2D eigenvalue weighted by atomic mass is 32.2. The number of thioether (sulfide) groups is 1. The molecule has 1 fully saturated rings. The van der Waals surface area contributed by atoms with Crippen LogP contribution < -0.4 is 14.8 Å². The van der Waals surface area contributed by atoms with Crippen molar-refractivity contribution >= 4 is 40.6 Å². The molecule has 0 radical (unpaired) electrons. The number of methoxy groups -OCH3 is 1. The van der Waals surface area contributed by atoms with Gasteiger partial charge in [-0.2, -0.15) is 0 Å². The summed E-state index contributed by atoms with van der Waals surface area (Å²) >= 11 is 0.638. The van der Waals surface area contributed by atoms with E-state index in [1.165, 1.54) is 19.3 Å². The van der Waals surface area contributed by atoms with E-state index in [-0.39, 0.29) is 17.2 Å². The summed E-state index contributed by atoms with van der Waals surface area (Å²) < 4.78 is 51.7. The Morgan fingerprint density at radius 3 is 2.51 bits per heavy atom. The van der Waals surface area contributed by atoms with E-state index in [0.717, 1.165) is 17.0 Å². The van der Waals surface area contributed by atoms with Gasteiger partial charge < -0.3 is 14.8 Å². The van der Waals surface area contributed by atoms with Gasteiger partial charge in [0.25, 0.3) is 11.1 Å². The third-order valence-corrected chi connectivity index (χ3v) is 6.11. The molecule has 4 rings (SSSR count). The molecule has 0 saturated carbocycles. The molecule has 37 heavy (non-hydrogen) atoms. The van der Waals surface area contributed by atoms with Crippen LogP contribution in [0.5, 0.6) is 11.5 Å². The largest absolute Gasteiger partial charge is 0.493 e. The summed E-state index contributed by atoms with van der Waals surface area (Å²) in [6.45, 7) is -0.671. The van der Waals surface area contributed by atoms with Crippen molar-refractivity contribution < 1.29 is 37.0 Å². The summed E-state index contributed by atoms with van der Waals surface area (Å²) in [4.78, 5) is 38.2. The van der Waals surface area contributed by atoms with Crippen molar-refractivity contribution in [3.05, 3.63) is 94.1 Å². The molecule has 1 aliphatic rings. The molecule has 190 valence electrons. The number of hydrogen-bond donors (Lipinski definition) is 1. The molecule has 1 heterocycles. The van der Waals surface area contributed by atoms with E-state index in [1.54, 1.807) is 36.4 Å². The number of anilines is 1. The number of nitrogens with one attached hydrogen (secondary N) is 1. The van der Waals surface area contributed by atoms with Crippen molar-refractivity contribution in [2.24, 2.45) is 0 Å². The van der Waals surface area contributed by atoms with E-state index >= 15 is 0 Å². The molecule has 0 bridgehead atoms. The van der Waals surface area contributed by atoms with Gasteiger partial charge in [-0.1, -0.05) is 24.3 Å². The predicted molar refractivity (Wildman–Crippen MR) is 131 cm³/mol. The number of halogens is 3. The van der Waals surface area contributed by atoms with Crippen LogP contribution in [0.4, 0.5) is 23.7 Å². The van der Waals surface area contributed by atoms with Gasteiger partial charge in [0, 0.05) is 11.6 Å². The quantitative estimate of drug-likeness (QED) is 0.396. The zero-order chi connectivity index (χ0) is 26.5. The smallest absolute Gasteiger partial charge is 0.294 e. The first-order valence-corrected chi connectivity index (χ1v) is 11.6. The number of hydrogen-bond acceptors (Lipinski definition) is 6. The molecule has 3 amide bonds. The van der Waals surface area contributed by atoms with E-state index in [2.05, 4.69) is 5.32 Å². The van der Waals surface area contributed by atoms with Gasteiger partial charge in [0.05, 0.1) is 17.7 Å². The Kier molecular flexibility index (Phi) is 7.83. The molecular weight excluding hydrogens is 509 g/mol. The summed E-state index contributed by atoms with van der Waals surface area (Å²) in [6.07, 6.45) is 1.45. The molecule has 11 heteroatoms. The second-order valence-electron chi connectivity index (χ2n) is 7.73. The summed E-state index contributed by atoms with van der Waals surface area (Å²) in [7, 11) is 1.42. The van der Waals surface area contributed by atoms with Gasteiger partial charge in [-0.05, 0) is 53.7 Å². The Balaban J connectivity index is 1.43. The van der Waals surface area contributed by atoms with E-state index in [4.69, 9.17) is 9.47 Å². The standard InChI is InChI=1S/C26H19F3N2O5S/c1-35-22-10-15(6-9-21(22)36-14-16-4-2-3-5-18(16)28)11-23-25(33)31(26(34)37-23)13-24(32)30-20-8-7-17(27)12-19(20)29/h2-12H,13-14H2,1H3,(H,30,32)/b23-11+. The Hall–Kier alpha value is -4.25. The number of rotatable bonds is 8. The average molecular weight is 529 g/mol. The molecule has 0 unspecified atom stereocenters. The number of amides is 3. The minimum absolute atomic E-state index is 0.0227. The number of benzene rings is 3. The van der Waals surface area contributed by atoms with Crippen LogP contribution in [-0.2, 0) is 16.2 Å². The number of ether oxygens (including phenoxy) is 2. The van der Waals surface area contributed by atoms with Crippen molar-refractivity contribution in [3.63, 3.8) is 0 Å². The first kappa shape index (κ1) is 25.8. The highest BCUT2D eigenvalue weighted by Gasteiger charge is 2.36. The lowest BCUT2D eigenvalue weighted by atomic mass is 10.1. The molecule has 7 nitrogen and oxygen atoms in total. The fourth-order valence-corrected chi connectivity index (χ4v) is 4.21. The van der Waals surface area contributed by atoms with Crippen LogP contribution in [0.2, 0.25) is 0 Å². The van der Waals surface area contributed by atoms with Crippen LogP contribution in [0.15, 0.2) is 65.6 Å². The van der Waals surface area contributed by atoms with Gasteiger partial charge in [-0.15, -0.1) is 0 Å². The molecule has 0 aromatic heterocycles. The Labute approximate surface area is 213 Å². The second-order valence-corrected chi connectivity index (χ2v) is 8.72. The molecule has 3 aromatic rings. The van der Waals surface area contributed by atoms with Crippen molar-refractivity contribution in [2.45, 2.75) is 6.61 Å². The topological polar surface area (TPSA) is 84.9 Å². The molecular formula is C26H19F3N2O5S. The first-order valence-electron chi connectivity index (χ1n) is 10.8. The van der Waals surface area contributed by atoms with Gasteiger partial charge in [-0.3, -0.25) is 19.3 Å². The first-order chi connectivity index (χ1) is 17.7. The maximum Gasteiger partial charge on any atom is 0.294 e. The summed E-state index contributed by atoms with van der Waals surface area (Å²) in [5, 5.41) is 1.53. The zero-order valence-corrected chi connectivity index (χ0v) is 20.1. The summed E-state index contributed by atoms with van der Waals surface area (Å²) in [5.74, 6) is -3.06.